The number of hydrogen-bond acceptors (Lipinski definition) is 3. The van der Waals surface area contributed by atoms with Gasteiger partial charge in [0.25, 0.3) is 0 Å². The fraction of sp³-hybridized carbons (Fsp3) is 0.643. The van der Waals surface area contributed by atoms with Gasteiger partial charge in [-0.1, -0.05) is 13.0 Å². The van der Waals surface area contributed by atoms with Crippen LogP contribution in [-0.4, -0.2) is 17.2 Å². The van der Waals surface area contributed by atoms with Gasteiger partial charge in [-0.2, -0.15) is 0 Å². The topological polar surface area (TPSA) is 48.1 Å². The molecule has 1 aliphatic rings. The number of aromatic nitrogens is 1. The van der Waals surface area contributed by atoms with Crippen LogP contribution in [0.1, 0.15) is 38.1 Å². The highest BCUT2D eigenvalue weighted by molar-refractivity contribution is 5.18. The second kappa shape index (κ2) is 4.75. The summed E-state index contributed by atoms with van der Waals surface area (Å²) < 4.78 is 5.85. The highest BCUT2D eigenvalue weighted by atomic mass is 16.5. The Kier molecular flexibility index (Phi) is 3.50. The molecule has 3 heteroatoms. The van der Waals surface area contributed by atoms with Crippen LogP contribution in [0, 0.1) is 18.8 Å². The Hall–Kier alpha value is -0.930. The smallest absolute Gasteiger partial charge is 0.0600 e. The maximum absolute atomic E-state index is 6.37. The van der Waals surface area contributed by atoms with Crippen LogP contribution in [0.2, 0.25) is 0 Å². The number of nitrogens with two attached hydrogens (primary N) is 1. The molecule has 1 saturated heterocycles. The highest BCUT2D eigenvalue weighted by Gasteiger charge is 2.40. The third-order valence-corrected chi connectivity index (χ3v) is 4.05. The quantitative estimate of drug-likeness (QED) is 0.855. The largest absolute Gasteiger partial charge is 0.375 e. The molecule has 0 aromatic carbocycles. The molecule has 1 fully saturated rings. The first-order valence-electron chi connectivity index (χ1n) is 6.34. The molecule has 2 heterocycles. The van der Waals surface area contributed by atoms with Crippen molar-refractivity contribution in [3.05, 3.63) is 29.6 Å². The zero-order chi connectivity index (χ0) is 12.6. The molecule has 5 atom stereocenters. The second-order valence-electron chi connectivity index (χ2n) is 5.24. The Labute approximate surface area is 103 Å². The predicted molar refractivity (Wildman–Crippen MR) is 68.6 cm³/mol. The van der Waals surface area contributed by atoms with Gasteiger partial charge in [-0.05, 0) is 38.3 Å². The SMILES string of the molecule is Cc1ccc(C(N)C2C(C)OC(C)C2C)cn1. The van der Waals surface area contributed by atoms with Crippen molar-refractivity contribution in [2.75, 3.05) is 0 Å². The number of nitrogens with zero attached hydrogens (tertiary/aromatic N) is 1. The number of pyridine rings is 1. The molecule has 0 aliphatic carbocycles. The van der Waals surface area contributed by atoms with Gasteiger partial charge in [-0.25, -0.2) is 0 Å². The number of rotatable bonds is 2. The Morgan fingerprint density at radius 2 is 1.94 bits per heavy atom. The molecular formula is C14H22N2O. The van der Waals surface area contributed by atoms with Crippen LogP contribution >= 0.6 is 0 Å². The van der Waals surface area contributed by atoms with Crippen molar-refractivity contribution >= 4 is 0 Å². The molecular weight excluding hydrogens is 212 g/mol. The molecule has 0 spiro atoms. The van der Waals surface area contributed by atoms with Crippen LogP contribution in [0.5, 0.6) is 0 Å². The monoisotopic (exact) mass is 234 g/mol. The van der Waals surface area contributed by atoms with Gasteiger partial charge < -0.3 is 10.5 Å². The molecule has 3 nitrogen and oxygen atoms in total. The van der Waals surface area contributed by atoms with Crippen molar-refractivity contribution in [2.24, 2.45) is 17.6 Å². The van der Waals surface area contributed by atoms with Gasteiger partial charge in [-0.3, -0.25) is 4.98 Å². The van der Waals surface area contributed by atoms with E-state index in [1.54, 1.807) is 0 Å². The van der Waals surface area contributed by atoms with Gasteiger partial charge in [0.1, 0.15) is 0 Å². The average molecular weight is 234 g/mol. The first-order valence-corrected chi connectivity index (χ1v) is 6.34. The lowest BCUT2D eigenvalue weighted by atomic mass is 9.81. The maximum Gasteiger partial charge on any atom is 0.0600 e. The van der Waals surface area contributed by atoms with Crippen molar-refractivity contribution in [2.45, 2.75) is 45.9 Å². The Morgan fingerprint density at radius 3 is 2.41 bits per heavy atom. The van der Waals surface area contributed by atoms with E-state index in [0.717, 1.165) is 11.3 Å². The lowest BCUT2D eigenvalue weighted by Gasteiger charge is -2.25. The summed E-state index contributed by atoms with van der Waals surface area (Å²) in [5, 5.41) is 0. The zero-order valence-corrected chi connectivity index (χ0v) is 11.1. The summed E-state index contributed by atoms with van der Waals surface area (Å²) in [6, 6.07) is 4.11. The van der Waals surface area contributed by atoms with Gasteiger partial charge in [0.2, 0.25) is 0 Å². The molecule has 0 amide bonds. The van der Waals surface area contributed by atoms with Crippen LogP contribution in [0.25, 0.3) is 0 Å². The summed E-state index contributed by atoms with van der Waals surface area (Å²) in [5.74, 6) is 0.857. The van der Waals surface area contributed by atoms with Gasteiger partial charge in [0.15, 0.2) is 0 Å². The summed E-state index contributed by atoms with van der Waals surface area (Å²) in [7, 11) is 0. The van der Waals surface area contributed by atoms with Crippen molar-refractivity contribution < 1.29 is 4.74 Å². The number of aryl methyl sites for hydroxylation is 1. The van der Waals surface area contributed by atoms with Crippen molar-refractivity contribution in [1.82, 2.24) is 4.98 Å². The molecule has 1 aliphatic heterocycles. The molecule has 5 unspecified atom stereocenters. The molecule has 2 N–H and O–H groups in total. The summed E-state index contributed by atoms with van der Waals surface area (Å²) >= 11 is 0. The van der Waals surface area contributed by atoms with E-state index in [-0.39, 0.29) is 12.1 Å². The zero-order valence-electron chi connectivity index (χ0n) is 11.1. The molecule has 2 rings (SSSR count). The van der Waals surface area contributed by atoms with E-state index >= 15 is 0 Å². The lowest BCUT2D eigenvalue weighted by molar-refractivity contribution is 0.0489. The predicted octanol–water partition coefficient (Wildman–Crippen LogP) is 2.45. The molecule has 1 aromatic rings. The van der Waals surface area contributed by atoms with Crippen LogP contribution in [0.15, 0.2) is 18.3 Å². The third-order valence-electron chi connectivity index (χ3n) is 4.05. The Morgan fingerprint density at radius 1 is 1.24 bits per heavy atom. The first-order chi connectivity index (χ1) is 8.00. The average Bonchev–Trinajstić information content (AvgIpc) is 2.53. The Balaban J connectivity index is 2.19. The van der Waals surface area contributed by atoms with E-state index in [0.29, 0.717) is 17.9 Å². The molecule has 0 bridgehead atoms. The van der Waals surface area contributed by atoms with Crippen LogP contribution < -0.4 is 5.73 Å². The summed E-state index contributed by atoms with van der Waals surface area (Å²) in [6.45, 7) is 8.45. The Bertz CT molecular complexity index is 376. The molecule has 0 radical (unpaired) electrons. The van der Waals surface area contributed by atoms with E-state index in [1.165, 1.54) is 0 Å². The van der Waals surface area contributed by atoms with E-state index < -0.39 is 0 Å². The third kappa shape index (κ3) is 2.35. The molecule has 94 valence electrons. The summed E-state index contributed by atoms with van der Waals surface area (Å²) in [6.07, 6.45) is 2.40. The summed E-state index contributed by atoms with van der Waals surface area (Å²) in [4.78, 5) is 4.32. The highest BCUT2D eigenvalue weighted by Crippen LogP contribution is 2.39. The van der Waals surface area contributed by atoms with Gasteiger partial charge in [0, 0.05) is 23.9 Å². The minimum Gasteiger partial charge on any atom is -0.375 e. The lowest BCUT2D eigenvalue weighted by Crippen LogP contribution is -2.30. The fourth-order valence-electron chi connectivity index (χ4n) is 2.81. The van der Waals surface area contributed by atoms with Gasteiger partial charge in [0.05, 0.1) is 12.2 Å². The standard InChI is InChI=1S/C14H22N2O/c1-8-5-6-12(7-16-8)14(15)13-9(2)10(3)17-11(13)4/h5-7,9-11,13-14H,15H2,1-4H3. The van der Waals surface area contributed by atoms with Crippen LogP contribution in [0.3, 0.4) is 0 Å². The van der Waals surface area contributed by atoms with E-state index in [4.69, 9.17) is 10.5 Å². The fourth-order valence-corrected chi connectivity index (χ4v) is 2.81. The van der Waals surface area contributed by atoms with Crippen LogP contribution in [0.4, 0.5) is 0 Å². The van der Waals surface area contributed by atoms with E-state index in [2.05, 4.69) is 31.8 Å². The minimum atomic E-state index is 0.0121. The number of ether oxygens (including phenoxy) is 1. The first kappa shape index (κ1) is 12.5. The van der Waals surface area contributed by atoms with Crippen molar-refractivity contribution in [3.63, 3.8) is 0 Å². The van der Waals surface area contributed by atoms with Crippen molar-refractivity contribution in [1.29, 1.82) is 0 Å². The van der Waals surface area contributed by atoms with Gasteiger partial charge in [-0.15, -0.1) is 0 Å². The van der Waals surface area contributed by atoms with E-state index in [1.807, 2.05) is 19.2 Å². The molecule has 1 aromatic heterocycles. The molecule has 0 saturated carbocycles. The summed E-state index contributed by atoms with van der Waals surface area (Å²) in [5.41, 5.74) is 8.51. The van der Waals surface area contributed by atoms with Crippen LogP contribution in [-0.2, 0) is 4.74 Å². The van der Waals surface area contributed by atoms with Gasteiger partial charge >= 0.3 is 0 Å². The normalized spacial score (nSPS) is 34.9. The minimum absolute atomic E-state index is 0.0121. The number of hydrogen-bond donors (Lipinski definition) is 1. The molecule has 17 heavy (non-hydrogen) atoms. The van der Waals surface area contributed by atoms with Crippen molar-refractivity contribution in [3.8, 4) is 0 Å². The maximum atomic E-state index is 6.37. The van der Waals surface area contributed by atoms with E-state index in [9.17, 15) is 0 Å². The second-order valence-corrected chi connectivity index (χ2v) is 5.24.